The standard InChI is InChI=1S/C18H15F2N3OS/c1-10(12-6-7-13(19)14(20)9-12)22-17(24)16-11(2)23-18(25-16)15-5-3-4-8-21-15/h3-10H,1-2H3,(H,22,24). The molecule has 4 nitrogen and oxygen atoms in total. The van der Waals surface area contributed by atoms with Crippen LogP contribution < -0.4 is 5.32 Å². The van der Waals surface area contributed by atoms with E-state index in [9.17, 15) is 13.6 Å². The lowest BCUT2D eigenvalue weighted by molar-refractivity contribution is 0.0943. The van der Waals surface area contributed by atoms with Crippen LogP contribution >= 0.6 is 11.3 Å². The van der Waals surface area contributed by atoms with E-state index in [0.717, 1.165) is 12.1 Å². The van der Waals surface area contributed by atoms with Gasteiger partial charge in [-0.1, -0.05) is 12.1 Å². The quantitative estimate of drug-likeness (QED) is 0.756. The monoisotopic (exact) mass is 359 g/mol. The zero-order valence-electron chi connectivity index (χ0n) is 13.6. The first-order chi connectivity index (χ1) is 12.0. The van der Waals surface area contributed by atoms with Gasteiger partial charge in [0.05, 0.1) is 17.4 Å². The molecule has 1 amide bonds. The Balaban J connectivity index is 1.79. The van der Waals surface area contributed by atoms with Crippen molar-refractivity contribution in [3.63, 3.8) is 0 Å². The number of amides is 1. The summed E-state index contributed by atoms with van der Waals surface area (Å²) in [5.74, 6) is -2.17. The molecule has 0 saturated heterocycles. The fourth-order valence-electron chi connectivity index (χ4n) is 2.33. The topological polar surface area (TPSA) is 54.9 Å². The third-order valence-corrected chi connectivity index (χ3v) is 4.86. The van der Waals surface area contributed by atoms with E-state index >= 15 is 0 Å². The average Bonchev–Trinajstić information content (AvgIpc) is 3.00. The number of hydrogen-bond acceptors (Lipinski definition) is 4. The normalized spacial score (nSPS) is 12.0. The molecule has 25 heavy (non-hydrogen) atoms. The fourth-order valence-corrected chi connectivity index (χ4v) is 3.28. The van der Waals surface area contributed by atoms with Gasteiger partial charge in [-0.15, -0.1) is 11.3 Å². The van der Waals surface area contributed by atoms with E-state index in [2.05, 4.69) is 15.3 Å². The summed E-state index contributed by atoms with van der Waals surface area (Å²) in [5, 5.41) is 3.44. The number of benzene rings is 1. The highest BCUT2D eigenvalue weighted by Crippen LogP contribution is 2.27. The Morgan fingerprint density at radius 1 is 1.20 bits per heavy atom. The van der Waals surface area contributed by atoms with Gasteiger partial charge in [-0.25, -0.2) is 13.8 Å². The second-order valence-electron chi connectivity index (χ2n) is 5.52. The number of nitrogens with zero attached hydrogens (tertiary/aromatic N) is 2. The molecule has 1 N–H and O–H groups in total. The van der Waals surface area contributed by atoms with Gasteiger partial charge in [-0.3, -0.25) is 9.78 Å². The first-order valence-electron chi connectivity index (χ1n) is 7.60. The Morgan fingerprint density at radius 2 is 2.00 bits per heavy atom. The van der Waals surface area contributed by atoms with Crippen LogP contribution in [0.25, 0.3) is 10.7 Å². The summed E-state index contributed by atoms with van der Waals surface area (Å²) in [4.78, 5) is 21.6. The van der Waals surface area contributed by atoms with Crippen LogP contribution in [0, 0.1) is 18.6 Å². The molecule has 0 aliphatic carbocycles. The molecule has 7 heteroatoms. The maximum atomic E-state index is 13.4. The Labute approximate surface area is 147 Å². The highest BCUT2D eigenvalue weighted by molar-refractivity contribution is 7.17. The fraction of sp³-hybridized carbons (Fsp3) is 0.167. The number of aryl methyl sites for hydroxylation is 1. The maximum absolute atomic E-state index is 13.4. The van der Waals surface area contributed by atoms with Crippen molar-refractivity contribution < 1.29 is 13.6 Å². The molecule has 2 aromatic heterocycles. The summed E-state index contributed by atoms with van der Waals surface area (Å²) in [7, 11) is 0. The van der Waals surface area contributed by atoms with Crippen molar-refractivity contribution >= 4 is 17.2 Å². The van der Waals surface area contributed by atoms with Crippen LogP contribution in [0.5, 0.6) is 0 Å². The van der Waals surface area contributed by atoms with E-state index in [1.807, 2.05) is 12.1 Å². The summed E-state index contributed by atoms with van der Waals surface area (Å²) >= 11 is 1.24. The minimum Gasteiger partial charge on any atom is -0.345 e. The minimum atomic E-state index is -0.940. The first kappa shape index (κ1) is 17.2. The predicted molar refractivity (Wildman–Crippen MR) is 92.3 cm³/mol. The van der Waals surface area contributed by atoms with E-state index < -0.39 is 17.7 Å². The molecule has 2 heterocycles. The third-order valence-electron chi connectivity index (χ3n) is 3.68. The zero-order chi connectivity index (χ0) is 18.0. The number of rotatable bonds is 4. The highest BCUT2D eigenvalue weighted by Gasteiger charge is 2.19. The van der Waals surface area contributed by atoms with Crippen molar-refractivity contribution in [3.05, 3.63) is 70.4 Å². The van der Waals surface area contributed by atoms with Crippen molar-refractivity contribution in [3.8, 4) is 10.7 Å². The van der Waals surface area contributed by atoms with Gasteiger partial charge < -0.3 is 5.32 Å². The number of carbonyl (C=O) groups excluding carboxylic acids is 1. The van der Waals surface area contributed by atoms with Gasteiger partial charge in [0.25, 0.3) is 5.91 Å². The Bertz CT molecular complexity index is 912. The molecular formula is C18H15F2N3OS. The van der Waals surface area contributed by atoms with Crippen molar-refractivity contribution in [2.24, 2.45) is 0 Å². The summed E-state index contributed by atoms with van der Waals surface area (Å²) in [5.41, 5.74) is 1.78. The molecule has 1 aromatic carbocycles. The molecule has 1 unspecified atom stereocenters. The molecule has 0 aliphatic rings. The third kappa shape index (κ3) is 3.71. The minimum absolute atomic E-state index is 0.311. The van der Waals surface area contributed by atoms with E-state index in [0.29, 0.717) is 26.8 Å². The molecule has 3 rings (SSSR count). The first-order valence-corrected chi connectivity index (χ1v) is 8.42. The van der Waals surface area contributed by atoms with E-state index in [1.54, 1.807) is 26.1 Å². The zero-order valence-corrected chi connectivity index (χ0v) is 14.4. The van der Waals surface area contributed by atoms with Gasteiger partial charge in [0.1, 0.15) is 9.88 Å². The van der Waals surface area contributed by atoms with Crippen LogP contribution in [-0.2, 0) is 0 Å². The molecule has 0 saturated carbocycles. The van der Waals surface area contributed by atoms with Gasteiger partial charge in [0, 0.05) is 6.20 Å². The number of aromatic nitrogens is 2. The average molecular weight is 359 g/mol. The lowest BCUT2D eigenvalue weighted by atomic mass is 10.1. The molecule has 128 valence electrons. The van der Waals surface area contributed by atoms with Crippen LogP contribution in [0.2, 0.25) is 0 Å². The second-order valence-corrected chi connectivity index (χ2v) is 6.52. The summed E-state index contributed by atoms with van der Waals surface area (Å²) < 4.78 is 26.4. The summed E-state index contributed by atoms with van der Waals surface area (Å²) in [6.07, 6.45) is 1.66. The summed E-state index contributed by atoms with van der Waals surface area (Å²) in [6, 6.07) is 8.59. The molecule has 0 bridgehead atoms. The number of pyridine rings is 1. The molecule has 3 aromatic rings. The lowest BCUT2D eigenvalue weighted by Crippen LogP contribution is -2.26. The van der Waals surface area contributed by atoms with Crippen molar-refractivity contribution in [1.82, 2.24) is 15.3 Å². The lowest BCUT2D eigenvalue weighted by Gasteiger charge is -2.14. The maximum Gasteiger partial charge on any atom is 0.263 e. The van der Waals surface area contributed by atoms with Gasteiger partial charge in [0.15, 0.2) is 11.6 Å². The van der Waals surface area contributed by atoms with Crippen molar-refractivity contribution in [1.29, 1.82) is 0 Å². The molecule has 0 fully saturated rings. The van der Waals surface area contributed by atoms with Crippen LogP contribution in [-0.4, -0.2) is 15.9 Å². The van der Waals surface area contributed by atoms with E-state index in [4.69, 9.17) is 0 Å². The largest absolute Gasteiger partial charge is 0.345 e. The van der Waals surface area contributed by atoms with Gasteiger partial charge >= 0.3 is 0 Å². The van der Waals surface area contributed by atoms with Gasteiger partial charge in [-0.2, -0.15) is 0 Å². The summed E-state index contributed by atoms with van der Waals surface area (Å²) in [6.45, 7) is 3.46. The van der Waals surface area contributed by atoms with Crippen LogP contribution in [0.1, 0.15) is 33.9 Å². The number of halogens is 2. The molecular weight excluding hydrogens is 344 g/mol. The van der Waals surface area contributed by atoms with E-state index in [-0.39, 0.29) is 5.91 Å². The molecule has 0 radical (unpaired) electrons. The van der Waals surface area contributed by atoms with Crippen LogP contribution in [0.3, 0.4) is 0 Å². The van der Waals surface area contributed by atoms with Crippen molar-refractivity contribution in [2.75, 3.05) is 0 Å². The van der Waals surface area contributed by atoms with Crippen LogP contribution in [0.15, 0.2) is 42.6 Å². The van der Waals surface area contributed by atoms with Crippen LogP contribution in [0.4, 0.5) is 8.78 Å². The SMILES string of the molecule is Cc1nc(-c2ccccn2)sc1C(=O)NC(C)c1ccc(F)c(F)c1. The molecule has 0 spiro atoms. The molecule has 0 aliphatic heterocycles. The second kappa shape index (κ2) is 7.06. The Hall–Kier alpha value is -2.67. The van der Waals surface area contributed by atoms with Gasteiger partial charge in [-0.05, 0) is 43.7 Å². The smallest absolute Gasteiger partial charge is 0.263 e. The Kier molecular flexibility index (Phi) is 4.85. The number of hydrogen-bond donors (Lipinski definition) is 1. The van der Waals surface area contributed by atoms with E-state index in [1.165, 1.54) is 17.4 Å². The highest BCUT2D eigenvalue weighted by atomic mass is 32.1. The Morgan fingerprint density at radius 3 is 2.68 bits per heavy atom. The van der Waals surface area contributed by atoms with Crippen molar-refractivity contribution in [2.45, 2.75) is 19.9 Å². The molecule has 1 atom stereocenters. The number of carbonyl (C=O) groups is 1. The number of nitrogens with one attached hydrogen (secondary N) is 1. The predicted octanol–water partition coefficient (Wildman–Crippen LogP) is 4.28. The number of thiazole rings is 1. The van der Waals surface area contributed by atoms with Gasteiger partial charge in [0.2, 0.25) is 0 Å².